The number of nitrogens with one attached hydrogen (secondary N) is 1. The second kappa shape index (κ2) is 8.27. The van der Waals surface area contributed by atoms with Crippen molar-refractivity contribution in [2.24, 2.45) is 5.92 Å². The van der Waals surface area contributed by atoms with Crippen molar-refractivity contribution >= 4 is 17.5 Å². The Morgan fingerprint density at radius 1 is 1.21 bits per heavy atom. The third-order valence-corrected chi connectivity index (χ3v) is 4.56. The summed E-state index contributed by atoms with van der Waals surface area (Å²) in [5.41, 5.74) is 2.30. The minimum Gasteiger partial charge on any atom is -0.379 e. The molecule has 2 atom stereocenters. The summed E-state index contributed by atoms with van der Waals surface area (Å²) >= 11 is 5.97. The average molecular weight is 345 g/mol. The lowest BCUT2D eigenvalue weighted by Crippen LogP contribution is -2.40. The SMILES string of the molecule is O=C(CCc1cccc(Cl)c1)NC1COCC1Cc1ccncc1. The van der Waals surface area contributed by atoms with Gasteiger partial charge in [-0.15, -0.1) is 0 Å². The van der Waals surface area contributed by atoms with Gasteiger partial charge in [-0.3, -0.25) is 9.78 Å². The Morgan fingerprint density at radius 3 is 2.83 bits per heavy atom. The van der Waals surface area contributed by atoms with Crippen molar-refractivity contribution in [3.8, 4) is 0 Å². The van der Waals surface area contributed by atoms with Gasteiger partial charge in [-0.1, -0.05) is 23.7 Å². The van der Waals surface area contributed by atoms with E-state index in [0.29, 0.717) is 37.0 Å². The number of pyridine rings is 1. The molecule has 1 amide bonds. The predicted octanol–water partition coefficient (Wildman–Crippen LogP) is 3.04. The van der Waals surface area contributed by atoms with Crippen molar-refractivity contribution in [3.63, 3.8) is 0 Å². The van der Waals surface area contributed by atoms with Gasteiger partial charge in [-0.25, -0.2) is 0 Å². The van der Waals surface area contributed by atoms with Crippen LogP contribution in [0.5, 0.6) is 0 Å². The van der Waals surface area contributed by atoms with E-state index >= 15 is 0 Å². The molecule has 0 bridgehead atoms. The minimum atomic E-state index is 0.0604. The number of benzene rings is 1. The third-order valence-electron chi connectivity index (χ3n) is 4.32. The summed E-state index contributed by atoms with van der Waals surface area (Å²) in [5.74, 6) is 0.368. The molecule has 3 rings (SSSR count). The Kier molecular flexibility index (Phi) is 5.83. The van der Waals surface area contributed by atoms with E-state index in [9.17, 15) is 4.79 Å². The summed E-state index contributed by atoms with van der Waals surface area (Å²) in [6, 6.07) is 11.7. The zero-order valence-electron chi connectivity index (χ0n) is 13.5. The Morgan fingerprint density at radius 2 is 2.04 bits per heavy atom. The van der Waals surface area contributed by atoms with Crippen LogP contribution in [-0.4, -0.2) is 30.1 Å². The molecule has 1 aromatic carbocycles. The Hall–Kier alpha value is -1.91. The van der Waals surface area contributed by atoms with Gasteiger partial charge in [0.05, 0.1) is 19.3 Å². The maximum absolute atomic E-state index is 12.2. The Bertz CT molecular complexity index is 678. The van der Waals surface area contributed by atoms with Gasteiger partial charge >= 0.3 is 0 Å². The molecule has 2 aromatic rings. The van der Waals surface area contributed by atoms with Crippen LogP contribution in [0.1, 0.15) is 17.5 Å². The largest absolute Gasteiger partial charge is 0.379 e. The smallest absolute Gasteiger partial charge is 0.220 e. The number of ether oxygens (including phenoxy) is 1. The number of halogens is 1. The topological polar surface area (TPSA) is 51.2 Å². The van der Waals surface area contributed by atoms with Crippen LogP contribution in [0.15, 0.2) is 48.8 Å². The molecule has 24 heavy (non-hydrogen) atoms. The van der Waals surface area contributed by atoms with Crippen LogP contribution in [0.2, 0.25) is 5.02 Å². The number of amides is 1. The van der Waals surface area contributed by atoms with Crippen molar-refractivity contribution in [1.82, 2.24) is 10.3 Å². The molecule has 0 radical (unpaired) electrons. The van der Waals surface area contributed by atoms with Gasteiger partial charge in [-0.2, -0.15) is 0 Å². The van der Waals surface area contributed by atoms with E-state index in [0.717, 1.165) is 12.0 Å². The molecule has 1 fully saturated rings. The number of hydrogen-bond donors (Lipinski definition) is 1. The lowest BCUT2D eigenvalue weighted by atomic mass is 9.95. The summed E-state index contributed by atoms with van der Waals surface area (Å²) in [6.07, 6.45) is 5.63. The highest BCUT2D eigenvalue weighted by molar-refractivity contribution is 6.30. The summed E-state index contributed by atoms with van der Waals surface area (Å²) < 4.78 is 5.57. The molecule has 126 valence electrons. The first kappa shape index (κ1) is 16.9. The predicted molar refractivity (Wildman–Crippen MR) is 94.0 cm³/mol. The van der Waals surface area contributed by atoms with Crippen LogP contribution in [-0.2, 0) is 22.4 Å². The molecular weight excluding hydrogens is 324 g/mol. The molecule has 0 saturated carbocycles. The van der Waals surface area contributed by atoms with Crippen molar-refractivity contribution in [1.29, 1.82) is 0 Å². The first-order valence-electron chi connectivity index (χ1n) is 8.21. The zero-order chi connectivity index (χ0) is 16.8. The highest BCUT2D eigenvalue weighted by Crippen LogP contribution is 2.19. The molecular formula is C19H21ClN2O2. The van der Waals surface area contributed by atoms with Crippen molar-refractivity contribution in [2.45, 2.75) is 25.3 Å². The molecule has 1 N–H and O–H groups in total. The molecule has 2 unspecified atom stereocenters. The van der Waals surface area contributed by atoms with Crippen LogP contribution in [0, 0.1) is 5.92 Å². The van der Waals surface area contributed by atoms with E-state index < -0.39 is 0 Å². The second-order valence-corrected chi connectivity index (χ2v) is 6.60. The van der Waals surface area contributed by atoms with E-state index in [1.165, 1.54) is 5.56 Å². The molecule has 1 aliphatic rings. The number of carbonyl (C=O) groups is 1. The van der Waals surface area contributed by atoms with E-state index in [4.69, 9.17) is 16.3 Å². The summed E-state index contributed by atoms with van der Waals surface area (Å²) in [5, 5.41) is 3.82. The molecule has 1 saturated heterocycles. The highest BCUT2D eigenvalue weighted by Gasteiger charge is 2.29. The number of rotatable bonds is 6. The summed E-state index contributed by atoms with van der Waals surface area (Å²) in [7, 11) is 0. The quantitative estimate of drug-likeness (QED) is 0.876. The average Bonchev–Trinajstić information content (AvgIpc) is 3.01. The Labute approximate surface area is 147 Å². The van der Waals surface area contributed by atoms with Gasteiger partial charge in [-0.05, 0) is 48.2 Å². The number of nitrogens with zero attached hydrogens (tertiary/aromatic N) is 1. The van der Waals surface area contributed by atoms with Crippen LogP contribution < -0.4 is 5.32 Å². The lowest BCUT2D eigenvalue weighted by Gasteiger charge is -2.19. The molecule has 0 aliphatic carbocycles. The molecule has 4 nitrogen and oxygen atoms in total. The van der Waals surface area contributed by atoms with E-state index in [-0.39, 0.29) is 11.9 Å². The highest BCUT2D eigenvalue weighted by atomic mass is 35.5. The van der Waals surface area contributed by atoms with E-state index in [1.807, 2.05) is 36.4 Å². The van der Waals surface area contributed by atoms with Gasteiger partial charge in [0, 0.05) is 29.8 Å². The molecule has 1 aromatic heterocycles. The van der Waals surface area contributed by atoms with Gasteiger partial charge in [0.1, 0.15) is 0 Å². The number of aryl methyl sites for hydroxylation is 1. The summed E-state index contributed by atoms with van der Waals surface area (Å²) in [6.45, 7) is 1.26. The van der Waals surface area contributed by atoms with E-state index in [1.54, 1.807) is 12.4 Å². The first-order chi connectivity index (χ1) is 11.7. The van der Waals surface area contributed by atoms with Gasteiger partial charge in [0.25, 0.3) is 0 Å². The minimum absolute atomic E-state index is 0.0604. The Balaban J connectivity index is 1.49. The number of carbonyl (C=O) groups excluding carboxylic acids is 1. The maximum atomic E-state index is 12.2. The standard InChI is InChI=1S/C19H21ClN2O2/c20-17-3-1-2-14(11-17)4-5-19(23)22-18-13-24-12-16(18)10-15-6-8-21-9-7-15/h1-3,6-9,11,16,18H,4-5,10,12-13H2,(H,22,23). The lowest BCUT2D eigenvalue weighted by molar-refractivity contribution is -0.122. The van der Waals surface area contributed by atoms with Crippen molar-refractivity contribution in [3.05, 3.63) is 64.9 Å². The molecule has 5 heteroatoms. The zero-order valence-corrected chi connectivity index (χ0v) is 14.2. The molecule has 0 spiro atoms. The molecule has 1 aliphatic heterocycles. The fraction of sp³-hybridized carbons (Fsp3) is 0.368. The number of hydrogen-bond acceptors (Lipinski definition) is 3. The van der Waals surface area contributed by atoms with Gasteiger partial charge < -0.3 is 10.1 Å². The van der Waals surface area contributed by atoms with Crippen molar-refractivity contribution in [2.75, 3.05) is 13.2 Å². The van der Waals surface area contributed by atoms with Crippen LogP contribution in [0.25, 0.3) is 0 Å². The van der Waals surface area contributed by atoms with Crippen LogP contribution in [0.4, 0.5) is 0 Å². The summed E-state index contributed by atoms with van der Waals surface area (Å²) in [4.78, 5) is 16.3. The normalized spacial score (nSPS) is 20.0. The van der Waals surface area contributed by atoms with Gasteiger partial charge in [0.2, 0.25) is 5.91 Å². The first-order valence-corrected chi connectivity index (χ1v) is 8.59. The third kappa shape index (κ3) is 4.79. The molecule has 2 heterocycles. The van der Waals surface area contributed by atoms with Gasteiger partial charge in [0.15, 0.2) is 0 Å². The van der Waals surface area contributed by atoms with Crippen LogP contribution >= 0.6 is 11.6 Å². The van der Waals surface area contributed by atoms with Crippen LogP contribution in [0.3, 0.4) is 0 Å². The maximum Gasteiger partial charge on any atom is 0.220 e. The second-order valence-electron chi connectivity index (χ2n) is 6.16. The van der Waals surface area contributed by atoms with E-state index in [2.05, 4.69) is 10.3 Å². The number of aromatic nitrogens is 1. The fourth-order valence-corrected chi connectivity index (χ4v) is 3.22. The monoisotopic (exact) mass is 344 g/mol. The fourth-order valence-electron chi connectivity index (χ4n) is 3.01. The van der Waals surface area contributed by atoms with Crippen molar-refractivity contribution < 1.29 is 9.53 Å².